The van der Waals surface area contributed by atoms with Crippen LogP contribution >= 0.6 is 23.2 Å². The number of carboxylic acids is 1. The van der Waals surface area contributed by atoms with Crippen molar-refractivity contribution in [3.8, 4) is 0 Å². The van der Waals surface area contributed by atoms with Crippen molar-refractivity contribution in [3.63, 3.8) is 0 Å². The molecule has 0 aromatic heterocycles. The average Bonchev–Trinajstić information content (AvgIpc) is 3.15. The van der Waals surface area contributed by atoms with Crippen LogP contribution in [-0.2, 0) is 14.4 Å². The van der Waals surface area contributed by atoms with Gasteiger partial charge in [0, 0.05) is 29.9 Å². The molecule has 0 spiro atoms. The van der Waals surface area contributed by atoms with Crippen LogP contribution in [0.15, 0.2) is 46.2 Å². The van der Waals surface area contributed by atoms with Gasteiger partial charge in [0.2, 0.25) is 5.69 Å². The van der Waals surface area contributed by atoms with E-state index in [0.717, 1.165) is 49.3 Å². The molecule has 2 heterocycles. The lowest BCUT2D eigenvalue weighted by molar-refractivity contribution is -0.188. The number of benzene rings is 1. The number of hydroxylamine groups is 1. The minimum atomic E-state index is -1.68. The van der Waals surface area contributed by atoms with Gasteiger partial charge in [-0.15, -0.1) is 0 Å². The van der Waals surface area contributed by atoms with E-state index in [2.05, 4.69) is 16.1 Å². The van der Waals surface area contributed by atoms with E-state index in [1.54, 1.807) is 24.4 Å². The molecule has 4 rings (SSSR count). The third-order valence-electron chi connectivity index (χ3n) is 5.92. The van der Waals surface area contributed by atoms with Crippen molar-refractivity contribution in [2.75, 3.05) is 19.6 Å². The molecular formula is C22H24Cl2N3O4+. The number of rotatable bonds is 4. The maximum atomic E-state index is 12.1. The van der Waals surface area contributed by atoms with E-state index in [9.17, 15) is 9.59 Å². The number of piperidine rings is 1. The van der Waals surface area contributed by atoms with E-state index in [4.69, 9.17) is 33.1 Å². The number of carboxylic acid groups (broad SMARTS) is 1. The molecule has 0 radical (unpaired) electrons. The molecule has 0 bridgehead atoms. The number of carbonyl (C=O) groups is 2. The summed E-state index contributed by atoms with van der Waals surface area (Å²) in [4.78, 5) is 31.3. The summed E-state index contributed by atoms with van der Waals surface area (Å²) in [7, 11) is 0. The number of hydrogen-bond donors (Lipinski definition) is 1. The number of hydrogen-bond acceptors (Lipinski definition) is 5. The predicted octanol–water partition coefficient (Wildman–Crippen LogP) is 4.69. The Kier molecular flexibility index (Phi) is 6.48. The van der Waals surface area contributed by atoms with Crippen LogP contribution in [0.1, 0.15) is 38.5 Å². The molecule has 1 fully saturated rings. The van der Waals surface area contributed by atoms with Gasteiger partial charge in [-0.05, 0) is 55.5 Å². The molecule has 3 aliphatic rings. The molecule has 164 valence electrons. The van der Waals surface area contributed by atoms with Crippen LogP contribution in [0.3, 0.4) is 0 Å². The predicted molar refractivity (Wildman–Crippen MR) is 120 cm³/mol. The number of halogens is 2. The highest BCUT2D eigenvalue weighted by Gasteiger charge is 2.50. The summed E-state index contributed by atoms with van der Waals surface area (Å²) in [5.74, 6) is -3.07. The molecule has 31 heavy (non-hydrogen) atoms. The van der Waals surface area contributed by atoms with Gasteiger partial charge in [0.15, 0.2) is 5.70 Å². The minimum absolute atomic E-state index is 0.268. The summed E-state index contributed by atoms with van der Waals surface area (Å²) in [6.45, 7) is 3.06. The minimum Gasteiger partial charge on any atom is -0.473 e. The second kappa shape index (κ2) is 9.12. The van der Waals surface area contributed by atoms with Crippen LogP contribution in [-0.4, -0.2) is 47.8 Å². The highest BCUT2D eigenvalue weighted by atomic mass is 35.5. The number of likely N-dealkylation sites (tertiary alicyclic amines) is 1. The van der Waals surface area contributed by atoms with Gasteiger partial charge in [-0.3, -0.25) is 4.90 Å². The van der Waals surface area contributed by atoms with Crippen LogP contribution in [0.4, 0.5) is 5.69 Å². The van der Waals surface area contributed by atoms with Gasteiger partial charge >= 0.3 is 11.9 Å². The molecule has 9 heteroatoms. The molecule has 1 saturated heterocycles. The Morgan fingerprint density at radius 3 is 2.61 bits per heavy atom. The Morgan fingerprint density at radius 2 is 1.90 bits per heavy atom. The fraction of sp³-hybridized carbons (Fsp3) is 0.409. The standard InChI is InChI=1S/C22H23Cl2N3O4/c23-18-8-7-16(13-19(18)24)27(31-22(30)21(28)29)20-6-4-5-15(17(20)14-25-27)9-12-26-10-2-1-3-11-26/h7-9,13-14H,1-6,10-12H2/p+1. The largest absolute Gasteiger partial charge is 0.478 e. The van der Waals surface area contributed by atoms with E-state index >= 15 is 0 Å². The average molecular weight is 465 g/mol. The topological polar surface area (TPSA) is 79.2 Å². The molecule has 7 nitrogen and oxygen atoms in total. The molecule has 0 saturated carbocycles. The van der Waals surface area contributed by atoms with Crippen LogP contribution in [0, 0.1) is 0 Å². The van der Waals surface area contributed by atoms with Crippen molar-refractivity contribution in [2.24, 2.45) is 5.10 Å². The lowest BCUT2D eigenvalue weighted by Gasteiger charge is -2.29. The van der Waals surface area contributed by atoms with Crippen LogP contribution in [0.2, 0.25) is 10.0 Å². The third kappa shape index (κ3) is 4.41. The molecular weight excluding hydrogens is 441 g/mol. The van der Waals surface area contributed by atoms with Gasteiger partial charge in [-0.25, -0.2) is 14.4 Å². The van der Waals surface area contributed by atoms with E-state index in [-0.39, 0.29) is 5.02 Å². The molecule has 0 amide bonds. The number of carbonyl (C=O) groups excluding carboxylic acids is 1. The molecule has 1 unspecified atom stereocenters. The Balaban J connectivity index is 1.73. The number of nitrogens with zero attached hydrogens (tertiary/aromatic N) is 3. The quantitative estimate of drug-likeness (QED) is 0.516. The van der Waals surface area contributed by atoms with Gasteiger partial charge in [-0.1, -0.05) is 35.7 Å². The van der Waals surface area contributed by atoms with Gasteiger partial charge in [0.1, 0.15) is 6.21 Å². The first-order valence-corrected chi connectivity index (χ1v) is 11.2. The number of allylic oxidation sites excluding steroid dienone is 3. The number of quaternary nitrogens is 1. The summed E-state index contributed by atoms with van der Waals surface area (Å²) in [6.07, 6.45) is 9.99. The lowest BCUT2D eigenvalue weighted by Crippen LogP contribution is -2.45. The van der Waals surface area contributed by atoms with E-state index < -0.39 is 16.7 Å². The fourth-order valence-corrected chi connectivity index (χ4v) is 4.65. The van der Waals surface area contributed by atoms with E-state index in [1.165, 1.54) is 19.3 Å². The SMILES string of the molecule is O=C(O)C(=O)O[N+]1(c2ccc(Cl)c(Cl)c2)N=CC2=C1CCCC2=CCN1CCCCC1. The summed E-state index contributed by atoms with van der Waals surface area (Å²) in [5, 5.41) is 14.3. The molecule has 1 N–H and O–H groups in total. The van der Waals surface area contributed by atoms with Gasteiger partial charge in [-0.2, -0.15) is 0 Å². The fourth-order valence-electron chi connectivity index (χ4n) is 4.36. The maximum absolute atomic E-state index is 12.1. The normalized spacial score (nSPS) is 25.0. The Morgan fingerprint density at radius 1 is 1.13 bits per heavy atom. The molecule has 1 aliphatic carbocycles. The van der Waals surface area contributed by atoms with Crippen molar-refractivity contribution in [2.45, 2.75) is 38.5 Å². The second-order valence-electron chi connectivity index (χ2n) is 7.91. The summed E-state index contributed by atoms with van der Waals surface area (Å²) < 4.78 is -0.682. The van der Waals surface area contributed by atoms with Crippen molar-refractivity contribution >= 4 is 47.0 Å². The summed E-state index contributed by atoms with van der Waals surface area (Å²) in [6, 6.07) is 4.78. The summed E-state index contributed by atoms with van der Waals surface area (Å²) >= 11 is 12.3. The highest BCUT2D eigenvalue weighted by molar-refractivity contribution is 6.42. The first-order valence-electron chi connectivity index (χ1n) is 10.4. The zero-order chi connectivity index (χ0) is 22.0. The summed E-state index contributed by atoms with van der Waals surface area (Å²) in [5.41, 5.74) is 3.18. The van der Waals surface area contributed by atoms with Crippen LogP contribution in [0.25, 0.3) is 0 Å². The van der Waals surface area contributed by atoms with E-state index in [1.807, 2.05) is 0 Å². The van der Waals surface area contributed by atoms with Crippen molar-refractivity contribution < 1.29 is 19.5 Å². The van der Waals surface area contributed by atoms with Gasteiger partial charge < -0.3 is 5.11 Å². The first kappa shape index (κ1) is 22.0. The van der Waals surface area contributed by atoms with Crippen LogP contribution < -0.4 is 4.76 Å². The molecule has 2 aliphatic heterocycles. The zero-order valence-electron chi connectivity index (χ0n) is 17.0. The molecule has 1 aromatic rings. The van der Waals surface area contributed by atoms with Gasteiger partial charge in [0.25, 0.3) is 0 Å². The van der Waals surface area contributed by atoms with Crippen molar-refractivity contribution in [1.82, 2.24) is 9.66 Å². The van der Waals surface area contributed by atoms with Gasteiger partial charge in [0.05, 0.1) is 15.6 Å². The van der Waals surface area contributed by atoms with Crippen LogP contribution in [0.5, 0.6) is 0 Å². The van der Waals surface area contributed by atoms with E-state index in [0.29, 0.717) is 17.1 Å². The lowest BCUT2D eigenvalue weighted by atomic mass is 9.91. The monoisotopic (exact) mass is 464 g/mol. The third-order valence-corrected chi connectivity index (χ3v) is 6.66. The second-order valence-corrected chi connectivity index (χ2v) is 8.72. The first-order chi connectivity index (χ1) is 14.9. The Labute approximate surface area is 190 Å². The Hall–Kier alpha value is -2.19. The van der Waals surface area contributed by atoms with Crippen molar-refractivity contribution in [3.05, 3.63) is 51.2 Å². The molecule has 1 atom stereocenters. The Bertz CT molecular complexity index is 998. The zero-order valence-corrected chi connectivity index (χ0v) is 18.5. The molecule has 1 aromatic carbocycles. The van der Waals surface area contributed by atoms with Crippen molar-refractivity contribution in [1.29, 1.82) is 0 Å². The highest BCUT2D eigenvalue weighted by Crippen LogP contribution is 2.44. The maximum Gasteiger partial charge on any atom is 0.478 e. The smallest absolute Gasteiger partial charge is 0.473 e. The number of aliphatic carboxylic acids is 1.